The Bertz CT molecular complexity index is 1260. The first-order valence-electron chi connectivity index (χ1n) is 16.2. The van der Waals surface area contributed by atoms with Crippen molar-refractivity contribution in [2.45, 2.75) is 137 Å². The fraction of sp³-hybridized carbons (Fsp3) is 0.848. The van der Waals surface area contributed by atoms with E-state index in [1.807, 2.05) is 0 Å². The van der Waals surface area contributed by atoms with Crippen LogP contribution in [0.2, 0.25) is 18.1 Å². The number of hydrogen-bond donors (Lipinski definition) is 1. The van der Waals surface area contributed by atoms with Crippen molar-refractivity contribution in [2.24, 2.45) is 29.6 Å². The van der Waals surface area contributed by atoms with Crippen LogP contribution in [-0.4, -0.2) is 60.8 Å². The Morgan fingerprint density at radius 1 is 1.02 bits per heavy atom. The smallest absolute Gasteiger partial charge is 0.329 e. The van der Waals surface area contributed by atoms with Crippen molar-refractivity contribution in [1.82, 2.24) is 9.55 Å². The van der Waals surface area contributed by atoms with E-state index in [0.717, 1.165) is 0 Å². The normalized spacial score (nSPS) is 27.5. The summed E-state index contributed by atoms with van der Waals surface area (Å²) in [5.74, 6) is -2.87. The highest BCUT2D eigenvalue weighted by Gasteiger charge is 2.64. The maximum absolute atomic E-state index is 13.6. The average Bonchev–Trinajstić information content (AvgIpc) is 3.13. The van der Waals surface area contributed by atoms with E-state index in [0.29, 0.717) is 6.42 Å². The van der Waals surface area contributed by atoms with Crippen LogP contribution in [0.25, 0.3) is 0 Å². The molecule has 1 N–H and O–H groups in total. The van der Waals surface area contributed by atoms with E-state index in [2.05, 4.69) is 94.2 Å². The Labute approximate surface area is 264 Å². The van der Waals surface area contributed by atoms with E-state index < -0.39 is 54.9 Å². The average molecular weight is 639 g/mol. The summed E-state index contributed by atoms with van der Waals surface area (Å²) in [7, 11) is -2.54. The highest BCUT2D eigenvalue weighted by Crippen LogP contribution is 2.53. The molecule has 0 spiro atoms. The molecular formula is C33H58N2O8Si. The van der Waals surface area contributed by atoms with E-state index in [1.165, 1.54) is 23.8 Å². The first-order valence-corrected chi connectivity index (χ1v) is 19.1. The largest absolute Gasteiger partial charge is 0.463 e. The molecule has 10 nitrogen and oxygen atoms in total. The predicted molar refractivity (Wildman–Crippen MR) is 173 cm³/mol. The summed E-state index contributed by atoms with van der Waals surface area (Å²) in [5.41, 5.74) is -2.30. The van der Waals surface area contributed by atoms with Gasteiger partial charge in [-0.05, 0) is 24.6 Å². The van der Waals surface area contributed by atoms with Crippen molar-refractivity contribution in [3.05, 3.63) is 33.1 Å². The van der Waals surface area contributed by atoms with Crippen LogP contribution >= 0.6 is 0 Å². The number of carbonyl (C=O) groups is 1. The number of ether oxygens (including phenoxy) is 4. The number of nitrogens with zero attached hydrogens (tertiary/aromatic N) is 1. The van der Waals surface area contributed by atoms with Crippen LogP contribution in [0.5, 0.6) is 0 Å². The summed E-state index contributed by atoms with van der Waals surface area (Å²) in [4.78, 5) is 40.5. The lowest BCUT2D eigenvalue weighted by Crippen LogP contribution is -2.64. The Balaban J connectivity index is 2.39. The van der Waals surface area contributed by atoms with Gasteiger partial charge in [-0.3, -0.25) is 19.1 Å². The number of hydrogen-bond acceptors (Lipinski definition) is 8. The Hall–Kier alpha value is -1.79. The van der Waals surface area contributed by atoms with Crippen molar-refractivity contribution < 1.29 is 28.2 Å². The zero-order chi connectivity index (χ0) is 33.6. The van der Waals surface area contributed by atoms with Gasteiger partial charge in [0.05, 0.1) is 18.8 Å². The fourth-order valence-corrected chi connectivity index (χ4v) is 8.17. The summed E-state index contributed by atoms with van der Waals surface area (Å²) < 4.78 is 36.0. The van der Waals surface area contributed by atoms with Crippen LogP contribution in [0.1, 0.15) is 89.5 Å². The number of nitrogens with one attached hydrogen (secondary N) is 1. The van der Waals surface area contributed by atoms with Gasteiger partial charge in [-0.1, -0.05) is 76.2 Å². The lowest BCUT2D eigenvalue weighted by molar-refractivity contribution is -0.437. The summed E-state index contributed by atoms with van der Waals surface area (Å²) in [5, 5.41) is -0.180. The first kappa shape index (κ1) is 36.7. The zero-order valence-electron chi connectivity index (χ0n) is 29.5. The minimum Gasteiger partial charge on any atom is -0.463 e. The second-order valence-electron chi connectivity index (χ2n) is 15.7. The van der Waals surface area contributed by atoms with Crippen molar-refractivity contribution in [2.75, 3.05) is 13.2 Å². The van der Waals surface area contributed by atoms with Crippen LogP contribution in [0.4, 0.5) is 0 Å². The molecular weight excluding hydrogens is 580 g/mol. The summed E-state index contributed by atoms with van der Waals surface area (Å²) in [6.45, 7) is 29.1. The Kier molecular flexibility index (Phi) is 10.6. The quantitative estimate of drug-likeness (QED) is 0.272. The highest BCUT2D eigenvalue weighted by atomic mass is 28.4. The number of aromatic nitrogens is 2. The van der Waals surface area contributed by atoms with Crippen molar-refractivity contribution >= 4 is 14.3 Å². The molecule has 1 saturated heterocycles. The van der Waals surface area contributed by atoms with Gasteiger partial charge in [-0.25, -0.2) is 4.79 Å². The summed E-state index contributed by atoms with van der Waals surface area (Å²) in [6.07, 6.45) is 0.523. The third kappa shape index (κ3) is 6.54. The van der Waals surface area contributed by atoms with Gasteiger partial charge in [0, 0.05) is 48.8 Å². The Morgan fingerprint density at radius 2 is 1.57 bits per heavy atom. The van der Waals surface area contributed by atoms with Gasteiger partial charge in [0.2, 0.25) is 0 Å². The van der Waals surface area contributed by atoms with Crippen molar-refractivity contribution in [3.8, 4) is 0 Å². The zero-order valence-corrected chi connectivity index (χ0v) is 30.5. The standard InChI is InChI=1S/C33H58N2O8Si/c1-20(2)32(21(3)4)40-18-25-17-31(19-39-24(9)36,35-16-15-26(37)34-29(35)38)28(42-44(13,14)30(10,11)12)27(25)41-33(43-32,22(5)6)23(7)8/h15-16,20-23,25,27-28H,17-19H2,1-14H3,(H,34,37,38)/t25-,27-,28-,31+/m1/s1. The molecule has 0 radical (unpaired) electrons. The molecule has 1 saturated carbocycles. The maximum atomic E-state index is 13.6. The second-order valence-corrected chi connectivity index (χ2v) is 20.4. The molecule has 4 atom stereocenters. The molecule has 1 aromatic heterocycles. The molecule has 1 aliphatic heterocycles. The SMILES string of the molecule is CC(=O)OC[C@@]1(n2ccc(=O)[nH]c2=O)C[C@@H]2COC(C(C)C)(C(C)C)OC(C(C)C)(C(C)C)O[C@H]2[C@H]1O[Si](C)(C)C(C)(C)C. The minimum atomic E-state index is -2.54. The molecule has 1 aromatic rings. The molecule has 252 valence electrons. The van der Waals surface area contributed by atoms with Gasteiger partial charge in [-0.2, -0.15) is 0 Å². The monoisotopic (exact) mass is 638 g/mol. The molecule has 2 fully saturated rings. The van der Waals surface area contributed by atoms with Gasteiger partial charge in [-0.15, -0.1) is 0 Å². The van der Waals surface area contributed by atoms with E-state index in [9.17, 15) is 14.4 Å². The first-order chi connectivity index (χ1) is 20.1. The lowest BCUT2D eigenvalue weighted by atomic mass is 9.85. The van der Waals surface area contributed by atoms with Crippen LogP contribution in [0.3, 0.4) is 0 Å². The number of H-pyrrole nitrogens is 1. The van der Waals surface area contributed by atoms with E-state index in [1.54, 1.807) is 0 Å². The number of rotatable bonds is 9. The molecule has 2 heterocycles. The van der Waals surface area contributed by atoms with E-state index >= 15 is 0 Å². The highest BCUT2D eigenvalue weighted by molar-refractivity contribution is 6.74. The molecule has 44 heavy (non-hydrogen) atoms. The second kappa shape index (κ2) is 12.8. The number of esters is 1. The van der Waals surface area contributed by atoms with E-state index in [-0.39, 0.29) is 47.8 Å². The van der Waals surface area contributed by atoms with Crippen molar-refractivity contribution in [3.63, 3.8) is 0 Å². The molecule has 2 aliphatic rings. The molecule has 1 aliphatic carbocycles. The van der Waals surface area contributed by atoms with E-state index in [4.69, 9.17) is 23.4 Å². The van der Waals surface area contributed by atoms with Gasteiger partial charge >= 0.3 is 11.7 Å². The molecule has 3 rings (SSSR count). The summed E-state index contributed by atoms with van der Waals surface area (Å²) in [6, 6.07) is 1.32. The third-order valence-corrected chi connectivity index (χ3v) is 14.8. The van der Waals surface area contributed by atoms with Crippen LogP contribution in [-0.2, 0) is 33.7 Å². The number of fused-ring (bicyclic) bond motifs is 1. The summed E-state index contributed by atoms with van der Waals surface area (Å²) >= 11 is 0. The van der Waals surface area contributed by atoms with Gasteiger partial charge in [0.25, 0.3) is 5.56 Å². The van der Waals surface area contributed by atoms with Crippen LogP contribution in [0.15, 0.2) is 21.9 Å². The minimum absolute atomic E-state index is 0.00725. The number of carbonyl (C=O) groups excluding carboxylic acids is 1. The fourth-order valence-electron chi connectivity index (χ4n) is 6.83. The Morgan fingerprint density at radius 3 is 2.02 bits per heavy atom. The third-order valence-electron chi connectivity index (χ3n) is 10.3. The predicted octanol–water partition coefficient (Wildman–Crippen LogP) is 5.65. The molecule has 0 amide bonds. The van der Waals surface area contributed by atoms with Gasteiger partial charge in [0.1, 0.15) is 12.1 Å². The maximum Gasteiger partial charge on any atom is 0.329 e. The number of aromatic amines is 1. The topological polar surface area (TPSA) is 118 Å². The van der Waals surface area contributed by atoms with Crippen LogP contribution in [0, 0.1) is 29.6 Å². The lowest BCUT2D eigenvalue weighted by Gasteiger charge is -2.55. The molecule has 11 heteroatoms. The van der Waals surface area contributed by atoms with Crippen molar-refractivity contribution in [1.29, 1.82) is 0 Å². The molecule has 0 bridgehead atoms. The van der Waals surface area contributed by atoms with Gasteiger partial charge < -0.3 is 23.4 Å². The van der Waals surface area contributed by atoms with Crippen LogP contribution < -0.4 is 11.2 Å². The molecule has 0 aromatic carbocycles. The van der Waals surface area contributed by atoms with Gasteiger partial charge in [0.15, 0.2) is 19.9 Å². The molecule has 0 unspecified atom stereocenters.